The molecule has 68 valence electrons. The Hall–Kier alpha value is -1.51. The molecule has 0 fully saturated rings. The lowest BCUT2D eigenvalue weighted by Crippen LogP contribution is -1.75. The molecule has 13 heavy (non-hydrogen) atoms. The Kier molecular flexibility index (Phi) is 6.32. The first-order valence-electron chi connectivity index (χ1n) is 4.60. The summed E-state index contributed by atoms with van der Waals surface area (Å²) < 4.78 is 0. The lowest BCUT2D eigenvalue weighted by molar-refractivity contribution is 1.15. The summed E-state index contributed by atoms with van der Waals surface area (Å²) >= 11 is 0. The summed E-state index contributed by atoms with van der Waals surface area (Å²) in [5, 5.41) is 8.60. The molecular weight excluding hydrogens is 158 g/mol. The van der Waals surface area contributed by atoms with Gasteiger partial charge >= 0.3 is 0 Å². The van der Waals surface area contributed by atoms with Crippen LogP contribution in [0.4, 0.5) is 0 Å². The van der Waals surface area contributed by atoms with Crippen LogP contribution in [0.1, 0.15) is 27.2 Å². The monoisotopic (exact) mass is 173 g/mol. The highest BCUT2D eigenvalue weighted by Gasteiger charge is 1.93. The lowest BCUT2D eigenvalue weighted by atomic mass is 10.1. The molecule has 0 aromatic heterocycles. The predicted molar refractivity (Wildman–Crippen MR) is 56.1 cm³/mol. The molecule has 0 saturated heterocycles. The van der Waals surface area contributed by atoms with Gasteiger partial charge in [-0.3, -0.25) is 0 Å². The summed E-state index contributed by atoms with van der Waals surface area (Å²) in [6.07, 6.45) is 8.26. The van der Waals surface area contributed by atoms with Crippen molar-refractivity contribution in [3.05, 3.63) is 41.2 Å². The lowest BCUT2D eigenvalue weighted by Gasteiger charge is -1.91. The van der Waals surface area contributed by atoms with E-state index in [0.717, 1.165) is 12.0 Å². The van der Waals surface area contributed by atoms with Gasteiger partial charge in [-0.1, -0.05) is 20.8 Å². The van der Waals surface area contributed by atoms with Gasteiger partial charge in [-0.05, 0) is 36.3 Å². The van der Waals surface area contributed by atoms with Crippen LogP contribution >= 0.6 is 0 Å². The van der Waals surface area contributed by atoms with Crippen molar-refractivity contribution in [3.63, 3.8) is 0 Å². The minimum Gasteiger partial charge on any atom is -0.192 e. The fourth-order valence-corrected chi connectivity index (χ4v) is 0.856. The van der Waals surface area contributed by atoms with E-state index in [9.17, 15) is 0 Å². The second-order valence-corrected chi connectivity index (χ2v) is 2.28. The van der Waals surface area contributed by atoms with Gasteiger partial charge in [0.1, 0.15) is 0 Å². The third-order valence-electron chi connectivity index (χ3n) is 1.51. The molecule has 0 aromatic rings. The number of nitriles is 1. The third kappa shape index (κ3) is 4.15. The number of rotatable bonds is 1. The molecule has 1 aliphatic rings. The highest BCUT2D eigenvalue weighted by molar-refractivity contribution is 5.42. The summed E-state index contributed by atoms with van der Waals surface area (Å²) in [5.74, 6) is 0. The molecule has 0 spiro atoms. The maximum absolute atomic E-state index is 8.60. The van der Waals surface area contributed by atoms with Gasteiger partial charge in [0.2, 0.25) is 0 Å². The van der Waals surface area contributed by atoms with Crippen LogP contribution in [-0.2, 0) is 0 Å². The van der Waals surface area contributed by atoms with Crippen LogP contribution in [0.5, 0.6) is 0 Å². The van der Waals surface area contributed by atoms with E-state index in [1.807, 2.05) is 26.0 Å². The fourth-order valence-electron chi connectivity index (χ4n) is 0.856. The first kappa shape index (κ1) is 11.5. The zero-order valence-corrected chi connectivity index (χ0v) is 8.46. The average Bonchev–Trinajstić information content (AvgIpc) is 2.45. The summed E-state index contributed by atoms with van der Waals surface area (Å²) in [5.41, 5.74) is 4.81. The van der Waals surface area contributed by atoms with Crippen molar-refractivity contribution >= 4 is 0 Å². The molecule has 0 heterocycles. The largest absolute Gasteiger partial charge is 0.192 e. The van der Waals surface area contributed by atoms with Gasteiger partial charge in [-0.2, -0.15) is 5.26 Å². The molecule has 1 rings (SSSR count). The van der Waals surface area contributed by atoms with Crippen molar-refractivity contribution in [1.29, 1.82) is 5.26 Å². The van der Waals surface area contributed by atoms with E-state index in [1.54, 1.807) is 12.2 Å². The van der Waals surface area contributed by atoms with Gasteiger partial charge in [-0.15, -0.1) is 5.73 Å². The molecule has 0 bridgehead atoms. The van der Waals surface area contributed by atoms with E-state index in [2.05, 4.69) is 18.7 Å². The van der Waals surface area contributed by atoms with Crippen molar-refractivity contribution in [2.24, 2.45) is 0 Å². The van der Waals surface area contributed by atoms with Crippen molar-refractivity contribution in [2.75, 3.05) is 0 Å². The average molecular weight is 173 g/mol. The highest BCUT2D eigenvalue weighted by atomic mass is 14.2. The zero-order valence-electron chi connectivity index (χ0n) is 8.46. The molecule has 0 N–H and O–H groups in total. The number of hydrogen-bond donors (Lipinski definition) is 0. The summed E-state index contributed by atoms with van der Waals surface area (Å²) in [6, 6.07) is 2.10. The maximum atomic E-state index is 8.60. The Morgan fingerprint density at radius 3 is 2.69 bits per heavy atom. The van der Waals surface area contributed by atoms with Crippen molar-refractivity contribution in [3.8, 4) is 6.07 Å². The quantitative estimate of drug-likeness (QED) is 0.556. The summed E-state index contributed by atoms with van der Waals surface area (Å²) in [7, 11) is 0. The van der Waals surface area contributed by atoms with E-state index >= 15 is 0 Å². The molecule has 0 aliphatic heterocycles. The van der Waals surface area contributed by atoms with Gasteiger partial charge in [0, 0.05) is 0 Å². The van der Waals surface area contributed by atoms with Gasteiger partial charge in [0.05, 0.1) is 11.6 Å². The SMILES string of the molecule is CC.CCC1=CC(C#N)=CC=C=C1. The van der Waals surface area contributed by atoms with Gasteiger partial charge < -0.3 is 0 Å². The van der Waals surface area contributed by atoms with Crippen molar-refractivity contribution in [1.82, 2.24) is 0 Å². The van der Waals surface area contributed by atoms with Crippen molar-refractivity contribution < 1.29 is 0 Å². The first-order valence-corrected chi connectivity index (χ1v) is 4.60. The van der Waals surface area contributed by atoms with E-state index in [-0.39, 0.29) is 0 Å². The molecule has 1 nitrogen and oxygen atoms in total. The van der Waals surface area contributed by atoms with Crippen LogP contribution in [0.25, 0.3) is 0 Å². The summed E-state index contributed by atoms with van der Waals surface area (Å²) in [6.45, 7) is 6.06. The van der Waals surface area contributed by atoms with Gasteiger partial charge in [0.25, 0.3) is 0 Å². The normalized spacial score (nSPS) is 13.1. The molecule has 0 atom stereocenters. The highest BCUT2D eigenvalue weighted by Crippen LogP contribution is 2.09. The maximum Gasteiger partial charge on any atom is 0.0991 e. The Balaban J connectivity index is 0.000000671. The molecule has 0 amide bonds. The molecule has 1 aliphatic carbocycles. The zero-order chi connectivity index (χ0) is 10.1. The van der Waals surface area contributed by atoms with Crippen LogP contribution in [0.3, 0.4) is 0 Å². The predicted octanol–water partition coefficient (Wildman–Crippen LogP) is 3.52. The minimum absolute atomic E-state index is 0.697. The molecule has 0 radical (unpaired) electrons. The van der Waals surface area contributed by atoms with Gasteiger partial charge in [0.15, 0.2) is 0 Å². The first-order chi connectivity index (χ1) is 6.36. The summed E-state index contributed by atoms with van der Waals surface area (Å²) in [4.78, 5) is 0. The van der Waals surface area contributed by atoms with Crippen molar-refractivity contribution in [2.45, 2.75) is 27.2 Å². The van der Waals surface area contributed by atoms with E-state index < -0.39 is 0 Å². The topological polar surface area (TPSA) is 23.8 Å². The van der Waals surface area contributed by atoms with Crippen LogP contribution in [0.15, 0.2) is 41.2 Å². The number of hydrogen-bond acceptors (Lipinski definition) is 1. The smallest absolute Gasteiger partial charge is 0.0991 e. The van der Waals surface area contributed by atoms with E-state index in [1.165, 1.54) is 0 Å². The molecule has 0 aromatic carbocycles. The molecule has 0 unspecified atom stereocenters. The van der Waals surface area contributed by atoms with Crippen LogP contribution in [-0.4, -0.2) is 0 Å². The Morgan fingerprint density at radius 2 is 2.15 bits per heavy atom. The number of allylic oxidation sites excluding steroid dienone is 5. The minimum atomic E-state index is 0.697. The second kappa shape index (κ2) is 7.16. The Labute approximate surface area is 80.4 Å². The molecular formula is C12H15N. The second-order valence-electron chi connectivity index (χ2n) is 2.28. The molecule has 0 saturated carbocycles. The number of nitrogens with zero attached hydrogens (tertiary/aromatic N) is 1. The van der Waals surface area contributed by atoms with E-state index in [4.69, 9.17) is 5.26 Å². The Bertz CT molecular complexity index is 305. The van der Waals surface area contributed by atoms with Gasteiger partial charge in [-0.25, -0.2) is 0 Å². The Morgan fingerprint density at radius 1 is 1.46 bits per heavy atom. The fraction of sp³-hybridized carbons (Fsp3) is 0.333. The standard InChI is InChI=1S/C10H9N.C2H6/c1-2-9-5-3-4-6-10(7-9)8-11;1-2/h4-7H,2H2,1H3;1-2H3. The molecule has 1 heteroatoms. The van der Waals surface area contributed by atoms with Crippen LogP contribution in [0.2, 0.25) is 0 Å². The van der Waals surface area contributed by atoms with Crippen LogP contribution < -0.4 is 0 Å². The van der Waals surface area contributed by atoms with E-state index in [0.29, 0.717) is 5.57 Å². The third-order valence-corrected chi connectivity index (χ3v) is 1.51. The van der Waals surface area contributed by atoms with Crippen LogP contribution in [0, 0.1) is 11.3 Å².